The van der Waals surface area contributed by atoms with Crippen LogP contribution in [0.4, 0.5) is 0 Å². The molecule has 2 unspecified atom stereocenters. The molecule has 0 rings (SSSR count). The number of hydrogen-bond acceptors (Lipinski definition) is 5. The summed E-state index contributed by atoms with van der Waals surface area (Å²) in [5.74, 6) is -0.0600. The van der Waals surface area contributed by atoms with Crippen molar-refractivity contribution in [3.63, 3.8) is 0 Å². The van der Waals surface area contributed by atoms with Crippen molar-refractivity contribution in [3.8, 4) is 0 Å². The summed E-state index contributed by atoms with van der Waals surface area (Å²) < 4.78 is 5.48. The number of hydrogen-bond donors (Lipinski definition) is 3. The van der Waals surface area contributed by atoms with Gasteiger partial charge in [0.1, 0.15) is 0 Å². The van der Waals surface area contributed by atoms with Crippen molar-refractivity contribution >= 4 is 11.9 Å². The van der Waals surface area contributed by atoms with Crippen LogP contribution in [0.1, 0.15) is 380 Å². The molecule has 2 atom stereocenters. The van der Waals surface area contributed by atoms with Crippen molar-refractivity contribution in [2.24, 2.45) is 0 Å². The predicted molar refractivity (Wildman–Crippen MR) is 347 cm³/mol. The number of aliphatic hydroxyl groups is 2. The molecule has 464 valence electrons. The topological polar surface area (TPSA) is 95.9 Å². The van der Waals surface area contributed by atoms with Gasteiger partial charge in [-0.05, 0) is 83.5 Å². The fourth-order valence-electron chi connectivity index (χ4n) is 10.9. The molecule has 0 aliphatic carbocycles. The zero-order valence-electron chi connectivity index (χ0n) is 53.1. The van der Waals surface area contributed by atoms with Gasteiger partial charge in [-0.2, -0.15) is 0 Å². The molecule has 0 aliphatic rings. The monoisotopic (exact) mass is 1110 g/mol. The number of allylic oxidation sites excluding steroid dienone is 7. The second-order valence-electron chi connectivity index (χ2n) is 24.2. The van der Waals surface area contributed by atoms with Crippen LogP contribution in [-0.4, -0.2) is 47.4 Å². The molecule has 0 spiro atoms. The summed E-state index contributed by atoms with van der Waals surface area (Å²) in [6.45, 7) is 4.88. The number of carbonyl (C=O) groups is 2. The van der Waals surface area contributed by atoms with E-state index in [1.165, 1.54) is 302 Å². The number of carbonyl (C=O) groups excluding carboxylic acids is 2. The molecule has 6 heteroatoms. The van der Waals surface area contributed by atoms with Crippen LogP contribution >= 0.6 is 0 Å². The van der Waals surface area contributed by atoms with E-state index in [1.807, 2.05) is 6.08 Å². The Bertz CT molecular complexity index is 1320. The molecule has 0 aromatic carbocycles. The van der Waals surface area contributed by atoms with E-state index >= 15 is 0 Å². The number of amides is 1. The maximum Gasteiger partial charge on any atom is 0.305 e. The number of esters is 1. The fraction of sp³-hybridized carbons (Fsp3) is 0.863. The van der Waals surface area contributed by atoms with Gasteiger partial charge < -0.3 is 20.3 Å². The van der Waals surface area contributed by atoms with Gasteiger partial charge in [-0.1, -0.05) is 332 Å². The van der Waals surface area contributed by atoms with Crippen LogP contribution in [0.25, 0.3) is 0 Å². The maximum absolute atomic E-state index is 12.5. The van der Waals surface area contributed by atoms with Crippen molar-refractivity contribution in [1.29, 1.82) is 0 Å². The highest BCUT2D eigenvalue weighted by atomic mass is 16.5. The van der Waals surface area contributed by atoms with E-state index in [-0.39, 0.29) is 18.5 Å². The summed E-state index contributed by atoms with van der Waals surface area (Å²) in [5.41, 5.74) is 0. The van der Waals surface area contributed by atoms with Crippen molar-refractivity contribution in [3.05, 3.63) is 48.6 Å². The molecule has 0 heterocycles. The molecule has 3 N–H and O–H groups in total. The van der Waals surface area contributed by atoms with Crippen LogP contribution in [0.2, 0.25) is 0 Å². The summed E-state index contributed by atoms with van der Waals surface area (Å²) in [6.07, 6.45) is 89.1. The molecule has 0 aromatic rings. The van der Waals surface area contributed by atoms with Gasteiger partial charge >= 0.3 is 5.97 Å². The third-order valence-corrected chi connectivity index (χ3v) is 16.3. The van der Waals surface area contributed by atoms with Crippen LogP contribution in [0, 0.1) is 0 Å². The minimum Gasteiger partial charge on any atom is -0.466 e. The molecule has 0 aliphatic heterocycles. The van der Waals surface area contributed by atoms with Crippen molar-refractivity contribution in [2.45, 2.75) is 392 Å². The Labute approximate surface area is 493 Å². The average molecular weight is 1110 g/mol. The zero-order chi connectivity index (χ0) is 57.1. The molecule has 0 saturated heterocycles. The van der Waals surface area contributed by atoms with Crippen LogP contribution in [0.15, 0.2) is 48.6 Å². The molecule has 0 radical (unpaired) electrons. The summed E-state index contributed by atoms with van der Waals surface area (Å²) >= 11 is 0. The lowest BCUT2D eigenvalue weighted by Gasteiger charge is -2.20. The number of rotatable bonds is 66. The van der Waals surface area contributed by atoms with E-state index in [9.17, 15) is 19.8 Å². The minimum atomic E-state index is -0.843. The molecule has 79 heavy (non-hydrogen) atoms. The van der Waals surface area contributed by atoms with E-state index in [1.54, 1.807) is 6.08 Å². The third-order valence-electron chi connectivity index (χ3n) is 16.3. The van der Waals surface area contributed by atoms with Gasteiger partial charge in [0.15, 0.2) is 0 Å². The van der Waals surface area contributed by atoms with E-state index in [0.29, 0.717) is 19.4 Å². The SMILES string of the molecule is CCCC/C=C\C/C=C\CCCCCCCC(=O)OCCCCCCCCCCCCCC/C=C\CCCCCCCCCCCCCCCCCCC(=O)NC(CO)C(O)/C=C/CCCCCCCCCCCCCCCC. The molecule has 6 nitrogen and oxygen atoms in total. The van der Waals surface area contributed by atoms with Crippen molar-refractivity contribution in [2.75, 3.05) is 13.2 Å². The zero-order valence-corrected chi connectivity index (χ0v) is 53.1. The molecule has 0 aromatic heterocycles. The Morgan fingerprint density at radius 3 is 1.01 bits per heavy atom. The van der Waals surface area contributed by atoms with E-state index in [0.717, 1.165) is 51.4 Å². The second kappa shape index (κ2) is 68.3. The first-order chi connectivity index (χ1) is 39.0. The Hall–Kier alpha value is -2.18. The number of ether oxygens (including phenoxy) is 1. The Balaban J connectivity index is 3.38. The largest absolute Gasteiger partial charge is 0.466 e. The van der Waals surface area contributed by atoms with Crippen LogP contribution < -0.4 is 5.32 Å². The summed E-state index contributed by atoms with van der Waals surface area (Å²) in [5, 5.41) is 23.2. The third kappa shape index (κ3) is 64.8. The normalized spacial score (nSPS) is 12.8. The van der Waals surface area contributed by atoms with E-state index in [2.05, 4.69) is 55.6 Å². The summed E-state index contributed by atoms with van der Waals surface area (Å²) in [4.78, 5) is 24.5. The smallest absolute Gasteiger partial charge is 0.305 e. The van der Waals surface area contributed by atoms with Gasteiger partial charge in [0.25, 0.3) is 0 Å². The van der Waals surface area contributed by atoms with E-state index < -0.39 is 12.1 Å². The lowest BCUT2D eigenvalue weighted by molar-refractivity contribution is -0.143. The second-order valence-corrected chi connectivity index (χ2v) is 24.2. The fourth-order valence-corrected chi connectivity index (χ4v) is 10.9. The highest BCUT2D eigenvalue weighted by molar-refractivity contribution is 5.76. The first-order valence-electron chi connectivity index (χ1n) is 35.4. The number of aliphatic hydroxyl groups excluding tert-OH is 2. The average Bonchev–Trinajstić information content (AvgIpc) is 3.45. The quantitative estimate of drug-likeness (QED) is 0.0320. The number of unbranched alkanes of at least 4 members (excludes halogenated alkanes) is 49. The lowest BCUT2D eigenvalue weighted by atomic mass is 10.0. The molecule has 1 amide bonds. The van der Waals surface area contributed by atoms with Gasteiger partial charge in [-0.3, -0.25) is 9.59 Å². The maximum atomic E-state index is 12.5. The Kier molecular flexibility index (Phi) is 66.4. The first kappa shape index (κ1) is 76.8. The van der Waals surface area contributed by atoms with Crippen molar-refractivity contribution < 1.29 is 24.5 Å². The van der Waals surface area contributed by atoms with Crippen LogP contribution in [0.3, 0.4) is 0 Å². The first-order valence-corrected chi connectivity index (χ1v) is 35.4. The summed E-state index contributed by atoms with van der Waals surface area (Å²) in [7, 11) is 0. The molecular weight excluding hydrogens is 971 g/mol. The predicted octanol–water partition coefficient (Wildman–Crippen LogP) is 22.9. The van der Waals surface area contributed by atoms with Gasteiger partial charge in [0, 0.05) is 12.8 Å². The van der Waals surface area contributed by atoms with Gasteiger partial charge in [-0.15, -0.1) is 0 Å². The highest BCUT2D eigenvalue weighted by Crippen LogP contribution is 2.18. The van der Waals surface area contributed by atoms with Gasteiger partial charge in [0.2, 0.25) is 5.91 Å². The number of nitrogens with one attached hydrogen (secondary N) is 1. The van der Waals surface area contributed by atoms with Crippen LogP contribution in [-0.2, 0) is 14.3 Å². The highest BCUT2D eigenvalue weighted by Gasteiger charge is 2.18. The Morgan fingerprint density at radius 2 is 0.646 bits per heavy atom. The van der Waals surface area contributed by atoms with Crippen LogP contribution in [0.5, 0.6) is 0 Å². The van der Waals surface area contributed by atoms with E-state index in [4.69, 9.17) is 4.74 Å². The molecule has 0 fully saturated rings. The molecule has 0 bridgehead atoms. The molecule has 0 saturated carbocycles. The minimum absolute atomic E-state index is 0.00326. The van der Waals surface area contributed by atoms with Gasteiger partial charge in [-0.25, -0.2) is 0 Å². The van der Waals surface area contributed by atoms with Crippen molar-refractivity contribution in [1.82, 2.24) is 5.32 Å². The lowest BCUT2D eigenvalue weighted by Crippen LogP contribution is -2.45. The Morgan fingerprint density at radius 1 is 0.354 bits per heavy atom. The standard InChI is InChI=1S/C73H137NO5/c1-3-5-7-9-11-13-15-17-19-38-41-45-49-53-57-61-65-71(76)70(69-75)74-72(77)66-62-58-54-50-46-42-39-36-34-32-30-28-26-24-22-20-21-23-25-27-29-31-33-35-37-40-44-48-52-56-60-64-68-79-73(78)67-63-59-55-51-47-43-18-16-14-12-10-8-6-4-2/h10,12,16,18,23,25,61,65,70-71,75-76H,3-9,11,13-15,17,19-22,24,26-60,62-64,66-69H2,1-2H3,(H,74,77)/b12-10-,18-16-,25-23-,65-61+. The van der Waals surface area contributed by atoms with Gasteiger partial charge in [0.05, 0.1) is 25.4 Å². The molecular formula is C73H137NO5. The summed E-state index contributed by atoms with van der Waals surface area (Å²) in [6, 6.07) is -0.626.